The minimum Gasteiger partial charge on any atom is -0.497 e. The summed E-state index contributed by atoms with van der Waals surface area (Å²) < 4.78 is 12.6. The average molecular weight is 490 g/mol. The Bertz CT molecular complexity index is 1330. The molecule has 2 heterocycles. The number of furan rings is 1. The van der Waals surface area contributed by atoms with E-state index >= 15 is 0 Å². The Morgan fingerprint density at radius 3 is 2.67 bits per heavy atom. The zero-order chi connectivity index (χ0) is 25.7. The highest BCUT2D eigenvalue weighted by molar-refractivity contribution is 5.89. The van der Waals surface area contributed by atoms with Crippen molar-refractivity contribution in [3.05, 3.63) is 78.3 Å². The zero-order valence-electron chi connectivity index (χ0n) is 21.0. The fraction of sp³-hybridized carbons (Fsp3) is 0.333. The number of hydrogen-bond acceptors (Lipinski definition) is 6. The van der Waals surface area contributed by atoms with Gasteiger partial charge in [0.25, 0.3) is 5.91 Å². The molecule has 0 aliphatic rings. The molecule has 0 radical (unpaired) electrons. The normalized spacial score (nSPS) is 12.3. The summed E-state index contributed by atoms with van der Waals surface area (Å²) in [4.78, 5) is 29.1. The fourth-order valence-electron chi connectivity index (χ4n) is 3.91. The maximum Gasteiger partial charge on any atom is 0.251 e. The van der Waals surface area contributed by atoms with E-state index in [9.17, 15) is 9.59 Å². The molecule has 9 nitrogen and oxygen atoms in total. The second-order valence-corrected chi connectivity index (χ2v) is 9.25. The molecule has 4 aromatic rings. The first-order valence-corrected chi connectivity index (χ1v) is 11.9. The van der Waals surface area contributed by atoms with Crippen LogP contribution in [0.4, 0.5) is 0 Å². The number of methoxy groups -OCH3 is 1. The van der Waals surface area contributed by atoms with E-state index in [1.54, 1.807) is 23.9 Å². The highest BCUT2D eigenvalue weighted by atomic mass is 16.5. The minimum atomic E-state index is -0.987. The van der Waals surface area contributed by atoms with Crippen molar-refractivity contribution in [1.82, 2.24) is 25.2 Å². The van der Waals surface area contributed by atoms with E-state index in [0.717, 1.165) is 17.5 Å². The molecule has 9 heteroatoms. The second kappa shape index (κ2) is 10.6. The van der Waals surface area contributed by atoms with E-state index in [1.807, 2.05) is 69.3 Å². The molecule has 1 unspecified atom stereocenters. The van der Waals surface area contributed by atoms with Crippen molar-refractivity contribution in [3.63, 3.8) is 0 Å². The van der Waals surface area contributed by atoms with Gasteiger partial charge < -0.3 is 19.4 Å². The van der Waals surface area contributed by atoms with Gasteiger partial charge in [0, 0.05) is 12.1 Å². The highest BCUT2D eigenvalue weighted by Crippen LogP contribution is 2.27. The number of nitrogens with one attached hydrogen (secondary N) is 1. The van der Waals surface area contributed by atoms with Crippen molar-refractivity contribution in [2.75, 3.05) is 7.11 Å². The first-order chi connectivity index (χ1) is 17.3. The van der Waals surface area contributed by atoms with E-state index in [0.29, 0.717) is 17.0 Å². The van der Waals surface area contributed by atoms with Gasteiger partial charge in [0.05, 0.1) is 18.9 Å². The van der Waals surface area contributed by atoms with E-state index in [-0.39, 0.29) is 24.9 Å². The number of amides is 2. The lowest BCUT2D eigenvalue weighted by atomic mass is 10.0. The lowest BCUT2D eigenvalue weighted by Gasteiger charge is -2.33. The quantitative estimate of drug-likeness (QED) is 0.360. The molecule has 0 aliphatic carbocycles. The van der Waals surface area contributed by atoms with Gasteiger partial charge in [0.15, 0.2) is 6.04 Å². The van der Waals surface area contributed by atoms with Gasteiger partial charge in [-0.1, -0.05) is 36.4 Å². The Hall–Kier alpha value is -4.14. The lowest BCUT2D eigenvalue weighted by Crippen LogP contribution is -2.50. The molecule has 0 spiro atoms. The van der Waals surface area contributed by atoms with Gasteiger partial charge in [-0.3, -0.25) is 9.59 Å². The molecule has 2 amide bonds. The number of benzene rings is 2. The third kappa shape index (κ3) is 5.56. The predicted molar refractivity (Wildman–Crippen MR) is 135 cm³/mol. The number of aromatic nitrogens is 3. The van der Waals surface area contributed by atoms with Gasteiger partial charge in [-0.15, -0.1) is 5.10 Å². The number of fused-ring (bicyclic) bond motifs is 1. The molecular weight excluding hydrogens is 458 g/mol. The number of nitrogens with zero attached hydrogens (tertiary/aromatic N) is 4. The number of carbonyl (C=O) groups excluding carboxylic acids is 2. The van der Waals surface area contributed by atoms with Crippen LogP contribution in [0, 0.1) is 0 Å². The SMILES string of the molecule is CCC(C)(C)NC(=O)C(c1ccco1)N(Cc1cccc(OC)c1)C(=O)Cn1nnc2ccccc21. The molecule has 36 heavy (non-hydrogen) atoms. The molecule has 1 N–H and O–H groups in total. The van der Waals surface area contributed by atoms with Crippen molar-refractivity contribution in [3.8, 4) is 5.75 Å². The van der Waals surface area contributed by atoms with E-state index in [4.69, 9.17) is 9.15 Å². The summed E-state index contributed by atoms with van der Waals surface area (Å²) in [6.07, 6.45) is 2.22. The summed E-state index contributed by atoms with van der Waals surface area (Å²) in [7, 11) is 1.59. The molecule has 2 aromatic carbocycles. The number of hydrogen-bond donors (Lipinski definition) is 1. The summed E-state index contributed by atoms with van der Waals surface area (Å²) in [5.41, 5.74) is 1.77. The Kier molecular flexibility index (Phi) is 7.38. The first-order valence-electron chi connectivity index (χ1n) is 11.9. The van der Waals surface area contributed by atoms with Crippen LogP contribution in [0.15, 0.2) is 71.3 Å². The molecule has 4 rings (SSSR count). The van der Waals surface area contributed by atoms with Crippen molar-refractivity contribution >= 4 is 22.8 Å². The van der Waals surface area contributed by atoms with Gasteiger partial charge in [-0.2, -0.15) is 0 Å². The largest absolute Gasteiger partial charge is 0.497 e. The smallest absolute Gasteiger partial charge is 0.251 e. The zero-order valence-corrected chi connectivity index (χ0v) is 21.0. The van der Waals surface area contributed by atoms with Gasteiger partial charge in [0.1, 0.15) is 23.6 Å². The molecule has 0 fully saturated rings. The summed E-state index contributed by atoms with van der Waals surface area (Å²) in [5.74, 6) is 0.406. The summed E-state index contributed by atoms with van der Waals surface area (Å²) in [6, 6.07) is 17.3. The van der Waals surface area contributed by atoms with Gasteiger partial charge in [-0.25, -0.2) is 4.68 Å². The molecular formula is C27H31N5O4. The van der Waals surface area contributed by atoms with Crippen LogP contribution in [0.1, 0.15) is 44.6 Å². The van der Waals surface area contributed by atoms with Crippen molar-refractivity contribution < 1.29 is 18.7 Å². The molecule has 2 aromatic heterocycles. The summed E-state index contributed by atoms with van der Waals surface area (Å²) in [5, 5.41) is 11.4. The second-order valence-electron chi connectivity index (χ2n) is 9.25. The van der Waals surface area contributed by atoms with E-state index in [2.05, 4.69) is 15.6 Å². The molecule has 1 atom stereocenters. The van der Waals surface area contributed by atoms with Crippen LogP contribution in [-0.4, -0.2) is 44.4 Å². The summed E-state index contributed by atoms with van der Waals surface area (Å²) >= 11 is 0. The highest BCUT2D eigenvalue weighted by Gasteiger charge is 2.36. The number of carbonyl (C=O) groups is 2. The Balaban J connectivity index is 1.73. The molecule has 0 aliphatic heterocycles. The fourth-order valence-corrected chi connectivity index (χ4v) is 3.91. The standard InChI is InChI=1S/C27H31N5O4/c1-5-27(2,3)28-26(34)25(23-14-9-15-36-23)31(17-19-10-8-11-20(16-19)35-4)24(33)18-32-22-13-7-6-12-21(22)29-30-32/h6-16,25H,5,17-18H2,1-4H3,(H,28,34). The van der Waals surface area contributed by atoms with Crippen LogP contribution < -0.4 is 10.1 Å². The van der Waals surface area contributed by atoms with Gasteiger partial charge in [-0.05, 0) is 62.2 Å². The van der Waals surface area contributed by atoms with Crippen LogP contribution in [0.25, 0.3) is 11.0 Å². The van der Waals surface area contributed by atoms with Crippen molar-refractivity contribution in [2.24, 2.45) is 0 Å². The first kappa shape index (κ1) is 25.0. The van der Waals surface area contributed by atoms with Crippen LogP contribution >= 0.6 is 0 Å². The van der Waals surface area contributed by atoms with E-state index in [1.165, 1.54) is 11.2 Å². The molecule has 0 bridgehead atoms. The van der Waals surface area contributed by atoms with Crippen LogP contribution in [-0.2, 0) is 22.7 Å². The molecule has 0 saturated heterocycles. The van der Waals surface area contributed by atoms with Crippen molar-refractivity contribution in [1.29, 1.82) is 0 Å². The third-order valence-electron chi connectivity index (χ3n) is 6.23. The van der Waals surface area contributed by atoms with Crippen molar-refractivity contribution in [2.45, 2.75) is 51.9 Å². The molecule has 188 valence electrons. The third-order valence-corrected chi connectivity index (χ3v) is 6.23. The minimum absolute atomic E-state index is 0.0911. The maximum absolute atomic E-state index is 13.9. The molecule has 0 saturated carbocycles. The number of para-hydroxylation sites is 1. The Morgan fingerprint density at radius 2 is 1.94 bits per heavy atom. The summed E-state index contributed by atoms with van der Waals surface area (Å²) in [6.45, 7) is 5.96. The maximum atomic E-state index is 13.9. The number of rotatable bonds is 10. The predicted octanol–water partition coefficient (Wildman–Crippen LogP) is 4.11. The van der Waals surface area contributed by atoms with Gasteiger partial charge >= 0.3 is 0 Å². The topological polar surface area (TPSA) is 102 Å². The van der Waals surface area contributed by atoms with E-state index < -0.39 is 11.6 Å². The average Bonchev–Trinajstić information content (AvgIpc) is 3.54. The van der Waals surface area contributed by atoms with Crippen LogP contribution in [0.2, 0.25) is 0 Å². The number of ether oxygens (including phenoxy) is 1. The van der Waals surface area contributed by atoms with Crippen LogP contribution in [0.5, 0.6) is 5.75 Å². The lowest BCUT2D eigenvalue weighted by molar-refractivity contribution is -0.143. The Morgan fingerprint density at radius 1 is 1.14 bits per heavy atom. The monoisotopic (exact) mass is 489 g/mol. The van der Waals surface area contributed by atoms with Crippen LogP contribution in [0.3, 0.4) is 0 Å². The van der Waals surface area contributed by atoms with Gasteiger partial charge in [0.2, 0.25) is 5.91 Å². The Labute approximate surface area is 210 Å².